The summed E-state index contributed by atoms with van der Waals surface area (Å²) in [5.74, 6) is 1.29. The summed E-state index contributed by atoms with van der Waals surface area (Å²) >= 11 is 12.5. The lowest BCUT2D eigenvalue weighted by Gasteiger charge is -2.14. The fourth-order valence-electron chi connectivity index (χ4n) is 2.99. The molecular formula is C22H22Cl2N2O3. The Morgan fingerprint density at radius 2 is 1.93 bits per heavy atom. The van der Waals surface area contributed by atoms with Crippen molar-refractivity contribution in [3.05, 3.63) is 74.9 Å². The van der Waals surface area contributed by atoms with Crippen LogP contribution in [0.25, 0.3) is 11.1 Å². The first kappa shape index (κ1) is 21.2. The van der Waals surface area contributed by atoms with E-state index in [2.05, 4.69) is 4.98 Å². The van der Waals surface area contributed by atoms with Crippen molar-refractivity contribution in [1.82, 2.24) is 9.55 Å². The summed E-state index contributed by atoms with van der Waals surface area (Å²) in [5, 5.41) is 1.09. The van der Waals surface area contributed by atoms with Crippen molar-refractivity contribution >= 4 is 23.2 Å². The maximum Gasteiger partial charge on any atom is 0.254 e. The van der Waals surface area contributed by atoms with E-state index < -0.39 is 0 Å². The molecule has 0 radical (unpaired) electrons. The van der Waals surface area contributed by atoms with Gasteiger partial charge >= 0.3 is 0 Å². The second kappa shape index (κ2) is 9.81. The van der Waals surface area contributed by atoms with Crippen LogP contribution in [0.2, 0.25) is 10.2 Å². The maximum absolute atomic E-state index is 12.1. The summed E-state index contributed by atoms with van der Waals surface area (Å²) in [5.41, 5.74) is 2.36. The predicted molar refractivity (Wildman–Crippen MR) is 116 cm³/mol. The first-order valence-electron chi connectivity index (χ1n) is 9.26. The van der Waals surface area contributed by atoms with E-state index in [0.717, 1.165) is 46.7 Å². The van der Waals surface area contributed by atoms with Crippen LogP contribution in [-0.4, -0.2) is 23.3 Å². The number of benzene rings is 1. The fourth-order valence-corrected chi connectivity index (χ4v) is 3.42. The number of hydrogen-bond donors (Lipinski definition) is 0. The molecule has 0 saturated heterocycles. The van der Waals surface area contributed by atoms with Gasteiger partial charge in [-0.05, 0) is 55.2 Å². The van der Waals surface area contributed by atoms with Gasteiger partial charge in [0.25, 0.3) is 5.56 Å². The van der Waals surface area contributed by atoms with E-state index in [0.29, 0.717) is 17.5 Å². The van der Waals surface area contributed by atoms with Crippen LogP contribution in [0.5, 0.6) is 11.5 Å². The van der Waals surface area contributed by atoms with Crippen molar-refractivity contribution in [2.45, 2.75) is 19.3 Å². The van der Waals surface area contributed by atoms with Crippen LogP contribution in [0, 0.1) is 0 Å². The molecule has 0 N–H and O–H groups in total. The van der Waals surface area contributed by atoms with E-state index in [-0.39, 0.29) is 5.56 Å². The van der Waals surface area contributed by atoms with Gasteiger partial charge in [-0.25, -0.2) is 4.98 Å². The molecule has 0 atom stereocenters. The topological polar surface area (TPSA) is 53.4 Å². The van der Waals surface area contributed by atoms with Crippen molar-refractivity contribution in [2.24, 2.45) is 7.05 Å². The van der Waals surface area contributed by atoms with E-state index in [1.165, 1.54) is 10.6 Å². The SMILES string of the molecule is COc1ccc(Cl)c(CCCCOc2cc(=O)n(C)cc2-c2cccnc2Cl)c1. The minimum absolute atomic E-state index is 0.146. The lowest BCUT2D eigenvalue weighted by molar-refractivity contribution is 0.307. The highest BCUT2D eigenvalue weighted by Gasteiger charge is 2.13. The summed E-state index contributed by atoms with van der Waals surface area (Å²) < 4.78 is 12.7. The molecule has 2 aromatic heterocycles. The highest BCUT2D eigenvalue weighted by Crippen LogP contribution is 2.32. The van der Waals surface area contributed by atoms with E-state index in [1.807, 2.05) is 24.3 Å². The van der Waals surface area contributed by atoms with Gasteiger partial charge in [0.2, 0.25) is 0 Å². The predicted octanol–water partition coefficient (Wildman–Crippen LogP) is 5.16. The van der Waals surface area contributed by atoms with Gasteiger partial charge in [-0.15, -0.1) is 0 Å². The van der Waals surface area contributed by atoms with Crippen molar-refractivity contribution < 1.29 is 9.47 Å². The van der Waals surface area contributed by atoms with Gasteiger partial charge in [0.05, 0.1) is 13.7 Å². The zero-order valence-corrected chi connectivity index (χ0v) is 17.8. The molecule has 0 fully saturated rings. The number of methoxy groups -OCH3 is 1. The lowest BCUT2D eigenvalue weighted by atomic mass is 10.1. The van der Waals surface area contributed by atoms with Crippen LogP contribution < -0.4 is 15.0 Å². The van der Waals surface area contributed by atoms with Gasteiger partial charge in [0.1, 0.15) is 16.7 Å². The summed E-state index contributed by atoms with van der Waals surface area (Å²) in [6.45, 7) is 0.472. The molecule has 0 bridgehead atoms. The molecule has 3 rings (SSSR count). The first-order valence-corrected chi connectivity index (χ1v) is 10.0. The van der Waals surface area contributed by atoms with Crippen LogP contribution in [0.1, 0.15) is 18.4 Å². The number of aromatic nitrogens is 2. The van der Waals surface area contributed by atoms with Gasteiger partial charge < -0.3 is 14.0 Å². The smallest absolute Gasteiger partial charge is 0.254 e. The van der Waals surface area contributed by atoms with Gasteiger partial charge in [0, 0.05) is 41.7 Å². The third-order valence-corrected chi connectivity index (χ3v) is 5.26. The van der Waals surface area contributed by atoms with E-state index in [4.69, 9.17) is 32.7 Å². The standard InChI is InChI=1S/C22H22Cl2N2O3/c1-26-14-18(17-7-5-10-25-22(17)24)20(13-21(26)27)29-11-4-3-6-15-12-16(28-2)8-9-19(15)23/h5,7-10,12-14H,3-4,6,11H2,1-2H3. The number of unbranched alkanes of at least 4 members (excludes halogenated alkanes) is 1. The molecule has 29 heavy (non-hydrogen) atoms. The Bertz CT molecular complexity index is 1050. The van der Waals surface area contributed by atoms with Crippen molar-refractivity contribution in [1.29, 1.82) is 0 Å². The Hall–Kier alpha value is -2.50. The molecule has 0 saturated carbocycles. The van der Waals surface area contributed by atoms with Gasteiger partial charge in [0.15, 0.2) is 0 Å². The number of nitrogens with zero attached hydrogens (tertiary/aromatic N) is 2. The number of aryl methyl sites for hydroxylation is 2. The van der Waals surface area contributed by atoms with Crippen molar-refractivity contribution in [3.63, 3.8) is 0 Å². The number of hydrogen-bond acceptors (Lipinski definition) is 4. The average Bonchev–Trinajstić information content (AvgIpc) is 2.72. The zero-order chi connectivity index (χ0) is 20.8. The van der Waals surface area contributed by atoms with Crippen molar-refractivity contribution in [3.8, 4) is 22.6 Å². The number of halogens is 2. The summed E-state index contributed by atoms with van der Waals surface area (Å²) in [6, 6.07) is 10.8. The van der Waals surface area contributed by atoms with Crippen LogP contribution in [-0.2, 0) is 13.5 Å². The molecule has 0 spiro atoms. The van der Waals surface area contributed by atoms with E-state index in [1.54, 1.807) is 32.6 Å². The van der Waals surface area contributed by atoms with E-state index in [9.17, 15) is 4.79 Å². The lowest BCUT2D eigenvalue weighted by Crippen LogP contribution is -2.16. The Labute approximate surface area is 179 Å². The van der Waals surface area contributed by atoms with Crippen LogP contribution >= 0.6 is 23.2 Å². The minimum Gasteiger partial charge on any atom is -0.497 e. The summed E-state index contributed by atoms with van der Waals surface area (Å²) in [6.07, 6.45) is 5.86. The Kier molecular flexibility index (Phi) is 7.18. The monoisotopic (exact) mass is 432 g/mol. The Morgan fingerprint density at radius 3 is 2.69 bits per heavy atom. The second-order valence-corrected chi connectivity index (χ2v) is 7.37. The highest BCUT2D eigenvalue weighted by atomic mass is 35.5. The van der Waals surface area contributed by atoms with Gasteiger partial charge in [-0.1, -0.05) is 23.2 Å². The third kappa shape index (κ3) is 5.31. The number of ether oxygens (including phenoxy) is 2. The largest absolute Gasteiger partial charge is 0.497 e. The molecule has 2 heterocycles. The molecule has 7 heteroatoms. The average molecular weight is 433 g/mol. The molecule has 0 amide bonds. The Morgan fingerprint density at radius 1 is 1.10 bits per heavy atom. The quantitative estimate of drug-likeness (QED) is 0.364. The normalized spacial score (nSPS) is 10.8. The number of rotatable bonds is 8. The van der Waals surface area contributed by atoms with Gasteiger partial charge in [-0.2, -0.15) is 0 Å². The molecule has 1 aromatic carbocycles. The second-order valence-electron chi connectivity index (χ2n) is 6.61. The van der Waals surface area contributed by atoms with Crippen molar-refractivity contribution in [2.75, 3.05) is 13.7 Å². The zero-order valence-electron chi connectivity index (χ0n) is 16.3. The first-order chi connectivity index (χ1) is 14.0. The third-order valence-electron chi connectivity index (χ3n) is 4.59. The van der Waals surface area contributed by atoms with Gasteiger partial charge in [-0.3, -0.25) is 4.79 Å². The Balaban J connectivity index is 1.66. The van der Waals surface area contributed by atoms with Crippen LogP contribution in [0.3, 0.4) is 0 Å². The summed E-state index contributed by atoms with van der Waals surface area (Å²) in [4.78, 5) is 16.2. The summed E-state index contributed by atoms with van der Waals surface area (Å²) in [7, 11) is 3.33. The van der Waals surface area contributed by atoms with E-state index >= 15 is 0 Å². The molecule has 0 aliphatic rings. The molecular weight excluding hydrogens is 411 g/mol. The molecule has 0 aliphatic heterocycles. The molecule has 0 aliphatic carbocycles. The fraction of sp³-hybridized carbons (Fsp3) is 0.273. The molecule has 5 nitrogen and oxygen atoms in total. The molecule has 3 aromatic rings. The molecule has 152 valence electrons. The van der Waals surface area contributed by atoms with Crippen LogP contribution in [0.4, 0.5) is 0 Å². The molecule has 0 unspecified atom stereocenters. The highest BCUT2D eigenvalue weighted by molar-refractivity contribution is 6.32. The number of pyridine rings is 2. The van der Waals surface area contributed by atoms with Crippen LogP contribution in [0.15, 0.2) is 53.6 Å². The maximum atomic E-state index is 12.1. The minimum atomic E-state index is -0.146.